The van der Waals surface area contributed by atoms with E-state index in [1.807, 2.05) is 6.92 Å². The van der Waals surface area contributed by atoms with Crippen molar-refractivity contribution < 1.29 is 18.0 Å². The van der Waals surface area contributed by atoms with Crippen molar-refractivity contribution in [2.24, 2.45) is 0 Å². The van der Waals surface area contributed by atoms with Gasteiger partial charge in [0, 0.05) is 11.9 Å². The molecule has 0 bridgehead atoms. The summed E-state index contributed by atoms with van der Waals surface area (Å²) in [4.78, 5) is 14.8. The molecule has 1 amide bonds. The molecular formula is C14H12ClF3N2O. The Labute approximate surface area is 124 Å². The van der Waals surface area contributed by atoms with Crippen molar-refractivity contribution in [3.8, 4) is 0 Å². The summed E-state index contributed by atoms with van der Waals surface area (Å²) < 4.78 is 37.9. The molecule has 0 saturated carbocycles. The number of H-pyrrole nitrogens is 1. The van der Waals surface area contributed by atoms with Crippen LogP contribution in [0.3, 0.4) is 0 Å². The lowest BCUT2D eigenvalue weighted by Gasteiger charge is -2.11. The van der Waals surface area contributed by atoms with Crippen LogP contribution in [0.5, 0.6) is 0 Å². The Morgan fingerprint density at radius 3 is 2.62 bits per heavy atom. The first-order valence-corrected chi connectivity index (χ1v) is 6.44. The van der Waals surface area contributed by atoms with Gasteiger partial charge in [-0.25, -0.2) is 0 Å². The normalized spacial score (nSPS) is 11.5. The molecule has 0 radical (unpaired) electrons. The molecule has 112 valence electrons. The summed E-state index contributed by atoms with van der Waals surface area (Å²) in [5.74, 6) is -0.435. The van der Waals surface area contributed by atoms with E-state index in [0.29, 0.717) is 0 Å². The molecule has 0 aliphatic heterocycles. The van der Waals surface area contributed by atoms with E-state index in [4.69, 9.17) is 11.6 Å². The predicted octanol–water partition coefficient (Wildman–Crippen LogP) is 4.18. The van der Waals surface area contributed by atoms with Crippen molar-refractivity contribution >= 4 is 23.2 Å². The van der Waals surface area contributed by atoms with Gasteiger partial charge in [-0.3, -0.25) is 4.79 Å². The van der Waals surface area contributed by atoms with Gasteiger partial charge in [0.05, 0.1) is 22.7 Å². The molecule has 2 rings (SSSR count). The molecule has 1 aromatic heterocycles. The minimum absolute atomic E-state index is 0.0521. The highest BCUT2D eigenvalue weighted by molar-refractivity contribution is 6.33. The van der Waals surface area contributed by atoms with Crippen LogP contribution in [0.25, 0.3) is 0 Å². The third kappa shape index (κ3) is 4.01. The van der Waals surface area contributed by atoms with Crippen molar-refractivity contribution in [1.29, 1.82) is 0 Å². The molecule has 2 N–H and O–H groups in total. The lowest BCUT2D eigenvalue weighted by Crippen LogP contribution is -2.15. The van der Waals surface area contributed by atoms with Gasteiger partial charge in [0.15, 0.2) is 0 Å². The Hall–Kier alpha value is -1.95. The minimum atomic E-state index is -4.48. The lowest BCUT2D eigenvalue weighted by molar-refractivity contribution is -0.137. The van der Waals surface area contributed by atoms with E-state index in [1.165, 1.54) is 0 Å². The number of rotatable bonds is 3. The number of aromatic amines is 1. The van der Waals surface area contributed by atoms with Crippen LogP contribution >= 0.6 is 11.6 Å². The molecule has 0 saturated heterocycles. The Balaban J connectivity index is 2.13. The van der Waals surface area contributed by atoms with E-state index in [1.54, 1.807) is 12.3 Å². The van der Waals surface area contributed by atoms with Crippen molar-refractivity contribution in [2.75, 3.05) is 5.32 Å². The van der Waals surface area contributed by atoms with Crippen LogP contribution in [0.15, 0.2) is 30.5 Å². The number of aryl methyl sites for hydroxylation is 1. The van der Waals surface area contributed by atoms with Gasteiger partial charge in [0.25, 0.3) is 0 Å². The standard InChI is InChI=1S/C14H12ClF3N2O/c1-8-4-9(7-19-8)5-13(21)20-12-6-10(14(16,17)18)2-3-11(12)15/h2-4,6-7,19H,5H2,1H3,(H,20,21). The maximum atomic E-state index is 12.6. The van der Waals surface area contributed by atoms with Crippen LogP contribution in [0, 0.1) is 6.92 Å². The number of hydrogen-bond acceptors (Lipinski definition) is 1. The number of nitrogens with one attached hydrogen (secondary N) is 2. The van der Waals surface area contributed by atoms with Crippen LogP contribution in [-0.2, 0) is 17.4 Å². The summed E-state index contributed by atoms with van der Waals surface area (Å²) >= 11 is 5.81. The SMILES string of the molecule is Cc1cc(CC(=O)Nc2cc(C(F)(F)F)ccc2Cl)c[nH]1. The van der Waals surface area contributed by atoms with E-state index >= 15 is 0 Å². The number of amides is 1. The molecular weight excluding hydrogens is 305 g/mol. The average Bonchev–Trinajstić information content (AvgIpc) is 2.76. The van der Waals surface area contributed by atoms with Crippen LogP contribution in [0.2, 0.25) is 5.02 Å². The molecule has 21 heavy (non-hydrogen) atoms. The molecule has 0 aliphatic carbocycles. The largest absolute Gasteiger partial charge is 0.416 e. The molecule has 1 aromatic carbocycles. The fraction of sp³-hybridized carbons (Fsp3) is 0.214. The maximum Gasteiger partial charge on any atom is 0.416 e. The zero-order valence-corrected chi connectivity index (χ0v) is 11.8. The van der Waals surface area contributed by atoms with Crippen molar-refractivity contribution in [2.45, 2.75) is 19.5 Å². The summed E-state index contributed by atoms with van der Waals surface area (Å²) in [6, 6.07) is 4.59. The topological polar surface area (TPSA) is 44.9 Å². The lowest BCUT2D eigenvalue weighted by atomic mass is 10.1. The summed E-state index contributed by atoms with van der Waals surface area (Å²) in [7, 11) is 0. The van der Waals surface area contributed by atoms with Gasteiger partial charge in [-0.1, -0.05) is 11.6 Å². The highest BCUT2D eigenvalue weighted by atomic mass is 35.5. The fourth-order valence-corrected chi connectivity index (χ4v) is 2.01. The predicted molar refractivity (Wildman–Crippen MR) is 74.3 cm³/mol. The fourth-order valence-electron chi connectivity index (χ4n) is 1.85. The summed E-state index contributed by atoms with van der Waals surface area (Å²) in [5.41, 5.74) is 0.728. The molecule has 7 heteroatoms. The smallest absolute Gasteiger partial charge is 0.365 e. The second-order valence-electron chi connectivity index (χ2n) is 4.61. The summed E-state index contributed by atoms with van der Waals surface area (Å²) in [5, 5.41) is 2.45. The molecule has 0 fully saturated rings. The maximum absolute atomic E-state index is 12.6. The Bertz CT molecular complexity index is 664. The molecule has 0 spiro atoms. The monoisotopic (exact) mass is 316 g/mol. The third-order valence-corrected chi connectivity index (χ3v) is 3.15. The average molecular weight is 317 g/mol. The van der Waals surface area contributed by atoms with Crippen LogP contribution in [-0.4, -0.2) is 10.9 Å². The zero-order valence-electron chi connectivity index (χ0n) is 11.0. The number of aromatic nitrogens is 1. The minimum Gasteiger partial charge on any atom is -0.365 e. The van der Waals surface area contributed by atoms with Crippen LogP contribution in [0.1, 0.15) is 16.8 Å². The molecule has 2 aromatic rings. The van der Waals surface area contributed by atoms with E-state index in [2.05, 4.69) is 10.3 Å². The number of benzene rings is 1. The first kappa shape index (κ1) is 15.4. The van der Waals surface area contributed by atoms with E-state index in [0.717, 1.165) is 29.5 Å². The first-order valence-electron chi connectivity index (χ1n) is 6.06. The van der Waals surface area contributed by atoms with E-state index < -0.39 is 17.6 Å². The highest BCUT2D eigenvalue weighted by Crippen LogP contribution is 2.33. The van der Waals surface area contributed by atoms with Gasteiger partial charge in [0.1, 0.15) is 0 Å². The van der Waals surface area contributed by atoms with E-state index in [9.17, 15) is 18.0 Å². The first-order chi connectivity index (χ1) is 9.75. The molecule has 0 atom stereocenters. The van der Waals surface area contributed by atoms with Crippen molar-refractivity contribution in [3.63, 3.8) is 0 Å². The van der Waals surface area contributed by atoms with E-state index in [-0.39, 0.29) is 17.1 Å². The molecule has 3 nitrogen and oxygen atoms in total. The highest BCUT2D eigenvalue weighted by Gasteiger charge is 2.31. The van der Waals surface area contributed by atoms with Gasteiger partial charge in [-0.05, 0) is 36.8 Å². The van der Waals surface area contributed by atoms with Crippen LogP contribution < -0.4 is 5.32 Å². The number of hydrogen-bond donors (Lipinski definition) is 2. The summed E-state index contributed by atoms with van der Waals surface area (Å²) in [6.45, 7) is 1.84. The Morgan fingerprint density at radius 2 is 2.05 bits per heavy atom. The second kappa shape index (κ2) is 5.81. The van der Waals surface area contributed by atoms with Gasteiger partial charge in [-0.2, -0.15) is 13.2 Å². The quantitative estimate of drug-likeness (QED) is 0.876. The summed E-state index contributed by atoms with van der Waals surface area (Å²) in [6.07, 6.45) is -2.76. The number of carbonyl (C=O) groups excluding carboxylic acids is 1. The Morgan fingerprint density at radius 1 is 1.33 bits per heavy atom. The molecule has 0 unspecified atom stereocenters. The number of carbonyl (C=O) groups is 1. The van der Waals surface area contributed by atoms with Crippen molar-refractivity contribution in [3.05, 3.63) is 52.3 Å². The molecule has 0 aliphatic rings. The third-order valence-electron chi connectivity index (χ3n) is 2.82. The van der Waals surface area contributed by atoms with Gasteiger partial charge < -0.3 is 10.3 Å². The Kier molecular flexibility index (Phi) is 4.27. The number of halogens is 4. The number of anilines is 1. The molecule has 1 heterocycles. The van der Waals surface area contributed by atoms with Gasteiger partial charge >= 0.3 is 6.18 Å². The second-order valence-corrected chi connectivity index (χ2v) is 5.02. The van der Waals surface area contributed by atoms with Gasteiger partial charge in [0.2, 0.25) is 5.91 Å². The van der Waals surface area contributed by atoms with Crippen molar-refractivity contribution in [1.82, 2.24) is 4.98 Å². The van der Waals surface area contributed by atoms with Crippen LogP contribution in [0.4, 0.5) is 18.9 Å². The zero-order chi connectivity index (χ0) is 15.6. The number of alkyl halides is 3. The van der Waals surface area contributed by atoms with Gasteiger partial charge in [-0.15, -0.1) is 0 Å².